The van der Waals surface area contributed by atoms with Crippen LogP contribution in [0.15, 0.2) is 24.3 Å². The van der Waals surface area contributed by atoms with Gasteiger partial charge in [0.1, 0.15) is 0 Å². The Morgan fingerprint density at radius 2 is 1.87 bits per heavy atom. The van der Waals surface area contributed by atoms with Crippen molar-refractivity contribution in [1.29, 1.82) is 0 Å². The summed E-state index contributed by atoms with van der Waals surface area (Å²) >= 11 is 0. The van der Waals surface area contributed by atoms with Crippen molar-refractivity contribution < 1.29 is 9.90 Å². The van der Waals surface area contributed by atoms with Crippen LogP contribution in [0.2, 0.25) is 0 Å². The first-order valence-corrected chi connectivity index (χ1v) is 4.95. The van der Waals surface area contributed by atoms with Crippen molar-refractivity contribution in [2.75, 3.05) is 11.9 Å². The lowest BCUT2D eigenvalue weighted by molar-refractivity contribution is -0.114. The minimum absolute atomic E-state index is 0.0795. The lowest BCUT2D eigenvalue weighted by Crippen LogP contribution is -2.21. The molecule has 0 bridgehead atoms. The molecule has 1 rings (SSSR count). The summed E-state index contributed by atoms with van der Waals surface area (Å²) in [6, 6.07) is 7.52. The maximum absolute atomic E-state index is 10.8. The third kappa shape index (κ3) is 3.06. The second-order valence-electron chi connectivity index (χ2n) is 4.30. The maximum atomic E-state index is 10.8. The van der Waals surface area contributed by atoms with Crippen molar-refractivity contribution in [2.24, 2.45) is 0 Å². The summed E-state index contributed by atoms with van der Waals surface area (Å²) in [6.45, 7) is 5.53. The smallest absolute Gasteiger partial charge is 0.221 e. The Morgan fingerprint density at radius 1 is 1.33 bits per heavy atom. The Hall–Kier alpha value is -1.35. The van der Waals surface area contributed by atoms with Crippen LogP contribution in [0.1, 0.15) is 26.3 Å². The van der Waals surface area contributed by atoms with Crippen LogP contribution < -0.4 is 5.32 Å². The van der Waals surface area contributed by atoms with Crippen LogP contribution in [0.5, 0.6) is 0 Å². The molecule has 0 aliphatic carbocycles. The monoisotopic (exact) mass is 207 g/mol. The summed E-state index contributed by atoms with van der Waals surface area (Å²) < 4.78 is 0. The minimum atomic E-state index is -0.241. The number of benzene rings is 1. The van der Waals surface area contributed by atoms with Crippen LogP contribution in [-0.2, 0) is 10.2 Å². The number of hydrogen-bond donors (Lipinski definition) is 2. The first-order valence-electron chi connectivity index (χ1n) is 4.95. The fourth-order valence-electron chi connectivity index (χ4n) is 1.30. The predicted molar refractivity (Wildman–Crippen MR) is 60.9 cm³/mol. The van der Waals surface area contributed by atoms with Crippen LogP contribution in [0, 0.1) is 0 Å². The summed E-state index contributed by atoms with van der Waals surface area (Å²) in [4.78, 5) is 10.8. The number of hydrogen-bond acceptors (Lipinski definition) is 2. The van der Waals surface area contributed by atoms with Crippen molar-refractivity contribution in [2.45, 2.75) is 26.2 Å². The SMILES string of the molecule is CC(=O)Nc1ccc(C(C)(C)CO)cc1. The van der Waals surface area contributed by atoms with Gasteiger partial charge in [-0.2, -0.15) is 0 Å². The van der Waals surface area contributed by atoms with Crippen LogP contribution in [0.4, 0.5) is 5.69 Å². The highest BCUT2D eigenvalue weighted by atomic mass is 16.3. The van der Waals surface area contributed by atoms with Crippen LogP contribution in [-0.4, -0.2) is 17.6 Å². The number of anilines is 1. The maximum Gasteiger partial charge on any atom is 0.221 e. The number of aliphatic hydroxyl groups excluding tert-OH is 1. The summed E-state index contributed by atoms with van der Waals surface area (Å²) in [6.07, 6.45) is 0. The standard InChI is InChI=1S/C12H17NO2/c1-9(15)13-11-6-4-10(5-7-11)12(2,3)8-14/h4-7,14H,8H2,1-3H3,(H,13,15). The number of carbonyl (C=O) groups is 1. The lowest BCUT2D eigenvalue weighted by atomic mass is 9.85. The van der Waals surface area contributed by atoms with Gasteiger partial charge in [0.2, 0.25) is 5.91 Å². The van der Waals surface area contributed by atoms with Crippen molar-refractivity contribution in [3.63, 3.8) is 0 Å². The Balaban J connectivity index is 2.85. The van der Waals surface area contributed by atoms with E-state index in [9.17, 15) is 9.90 Å². The van der Waals surface area contributed by atoms with E-state index in [4.69, 9.17) is 0 Å². The van der Waals surface area contributed by atoms with E-state index in [0.717, 1.165) is 11.3 Å². The van der Waals surface area contributed by atoms with Gasteiger partial charge in [-0.1, -0.05) is 26.0 Å². The van der Waals surface area contributed by atoms with E-state index >= 15 is 0 Å². The molecule has 1 amide bonds. The largest absolute Gasteiger partial charge is 0.395 e. The fourth-order valence-corrected chi connectivity index (χ4v) is 1.30. The Labute approximate surface area is 90.1 Å². The van der Waals surface area contributed by atoms with Gasteiger partial charge < -0.3 is 10.4 Å². The average molecular weight is 207 g/mol. The van der Waals surface area contributed by atoms with E-state index in [-0.39, 0.29) is 17.9 Å². The molecule has 0 radical (unpaired) electrons. The topological polar surface area (TPSA) is 49.3 Å². The van der Waals surface area contributed by atoms with Gasteiger partial charge in [-0.05, 0) is 17.7 Å². The minimum Gasteiger partial charge on any atom is -0.395 e. The van der Waals surface area contributed by atoms with Crippen LogP contribution >= 0.6 is 0 Å². The van der Waals surface area contributed by atoms with Crippen molar-refractivity contribution >= 4 is 11.6 Å². The summed E-state index contributed by atoms with van der Waals surface area (Å²) in [7, 11) is 0. The fraction of sp³-hybridized carbons (Fsp3) is 0.417. The van der Waals surface area contributed by atoms with Gasteiger partial charge in [0.05, 0.1) is 6.61 Å². The number of rotatable bonds is 3. The van der Waals surface area contributed by atoms with Crippen molar-refractivity contribution in [3.05, 3.63) is 29.8 Å². The third-order valence-electron chi connectivity index (χ3n) is 2.38. The quantitative estimate of drug-likeness (QED) is 0.795. The van der Waals surface area contributed by atoms with Crippen molar-refractivity contribution in [1.82, 2.24) is 0 Å². The zero-order valence-corrected chi connectivity index (χ0v) is 9.37. The molecule has 0 unspecified atom stereocenters. The summed E-state index contributed by atoms with van der Waals surface area (Å²) in [5, 5.41) is 11.9. The molecule has 3 nitrogen and oxygen atoms in total. The zero-order valence-electron chi connectivity index (χ0n) is 9.37. The van der Waals surface area contributed by atoms with Gasteiger partial charge >= 0.3 is 0 Å². The number of aliphatic hydroxyl groups is 1. The Bertz CT molecular complexity index is 341. The zero-order chi connectivity index (χ0) is 11.5. The second-order valence-corrected chi connectivity index (χ2v) is 4.30. The molecule has 0 fully saturated rings. The molecule has 0 aliphatic rings. The number of amides is 1. The predicted octanol–water partition coefficient (Wildman–Crippen LogP) is 1.91. The molecular weight excluding hydrogens is 190 g/mol. The lowest BCUT2D eigenvalue weighted by Gasteiger charge is -2.22. The average Bonchev–Trinajstić information content (AvgIpc) is 2.18. The highest BCUT2D eigenvalue weighted by Gasteiger charge is 2.18. The summed E-state index contributed by atoms with van der Waals surface area (Å²) in [5.74, 6) is -0.0795. The normalized spacial score (nSPS) is 11.2. The van der Waals surface area contributed by atoms with Gasteiger partial charge in [0.15, 0.2) is 0 Å². The van der Waals surface area contributed by atoms with Gasteiger partial charge in [-0.25, -0.2) is 0 Å². The Morgan fingerprint density at radius 3 is 2.27 bits per heavy atom. The van der Waals surface area contributed by atoms with E-state index in [0.29, 0.717) is 0 Å². The highest BCUT2D eigenvalue weighted by molar-refractivity contribution is 5.88. The van der Waals surface area contributed by atoms with Crippen LogP contribution in [0.3, 0.4) is 0 Å². The van der Waals surface area contributed by atoms with E-state index in [1.807, 2.05) is 38.1 Å². The first-order chi connectivity index (χ1) is 6.95. The molecule has 3 heteroatoms. The second kappa shape index (κ2) is 4.45. The number of carbonyl (C=O) groups excluding carboxylic acids is 1. The molecule has 2 N–H and O–H groups in total. The van der Waals surface area contributed by atoms with Gasteiger partial charge in [-0.3, -0.25) is 4.79 Å². The summed E-state index contributed by atoms with van der Waals surface area (Å²) in [5.41, 5.74) is 1.59. The van der Waals surface area contributed by atoms with E-state index in [1.54, 1.807) is 0 Å². The molecule has 0 spiro atoms. The van der Waals surface area contributed by atoms with Gasteiger partial charge in [0.25, 0.3) is 0 Å². The molecule has 0 aliphatic heterocycles. The Kier molecular flexibility index (Phi) is 3.48. The third-order valence-corrected chi connectivity index (χ3v) is 2.38. The highest BCUT2D eigenvalue weighted by Crippen LogP contribution is 2.23. The molecule has 0 saturated heterocycles. The first kappa shape index (κ1) is 11.7. The van der Waals surface area contributed by atoms with E-state index in [2.05, 4.69) is 5.32 Å². The molecule has 1 aromatic carbocycles. The molecule has 1 aromatic rings. The van der Waals surface area contributed by atoms with Gasteiger partial charge in [0, 0.05) is 18.0 Å². The van der Waals surface area contributed by atoms with Crippen molar-refractivity contribution in [3.8, 4) is 0 Å². The van der Waals surface area contributed by atoms with E-state index in [1.165, 1.54) is 6.92 Å². The molecular formula is C12H17NO2. The van der Waals surface area contributed by atoms with Gasteiger partial charge in [-0.15, -0.1) is 0 Å². The molecule has 0 heterocycles. The molecule has 0 atom stereocenters. The molecule has 82 valence electrons. The van der Waals surface area contributed by atoms with E-state index < -0.39 is 0 Å². The molecule has 15 heavy (non-hydrogen) atoms. The van der Waals surface area contributed by atoms with Crippen LogP contribution in [0.25, 0.3) is 0 Å². The molecule has 0 aromatic heterocycles. The number of nitrogens with one attached hydrogen (secondary N) is 1. The molecule has 0 saturated carbocycles.